The largest absolute Gasteiger partial charge is 0.496 e. The molecule has 0 spiro atoms. The molecule has 2 atom stereocenters. The average molecular weight is 306 g/mol. The SMILES string of the molecule is COc1ccc(NC(=O)NC2CCCCCC2CO)cc1C. The topological polar surface area (TPSA) is 70.6 Å². The number of amides is 2. The van der Waals surface area contributed by atoms with Crippen LogP contribution in [0.2, 0.25) is 0 Å². The average Bonchev–Trinajstić information content (AvgIpc) is 2.72. The van der Waals surface area contributed by atoms with Gasteiger partial charge in [-0.1, -0.05) is 19.3 Å². The van der Waals surface area contributed by atoms with Crippen LogP contribution in [0.5, 0.6) is 5.75 Å². The Morgan fingerprint density at radius 3 is 2.77 bits per heavy atom. The summed E-state index contributed by atoms with van der Waals surface area (Å²) in [7, 11) is 1.63. The molecular formula is C17H26N2O3. The number of ether oxygens (including phenoxy) is 1. The fraction of sp³-hybridized carbons (Fsp3) is 0.588. The molecule has 5 nitrogen and oxygen atoms in total. The van der Waals surface area contributed by atoms with Crippen molar-refractivity contribution in [1.82, 2.24) is 5.32 Å². The van der Waals surface area contributed by atoms with Crippen LogP contribution in [-0.4, -0.2) is 30.9 Å². The summed E-state index contributed by atoms with van der Waals surface area (Å²) in [5.74, 6) is 0.959. The minimum Gasteiger partial charge on any atom is -0.496 e. The number of benzene rings is 1. The number of nitrogens with one attached hydrogen (secondary N) is 2. The van der Waals surface area contributed by atoms with Crippen LogP contribution in [0.3, 0.4) is 0 Å². The minimum absolute atomic E-state index is 0.0480. The van der Waals surface area contributed by atoms with Gasteiger partial charge in [0.1, 0.15) is 5.75 Å². The van der Waals surface area contributed by atoms with E-state index >= 15 is 0 Å². The quantitative estimate of drug-likeness (QED) is 0.749. The van der Waals surface area contributed by atoms with Gasteiger partial charge in [0.05, 0.1) is 7.11 Å². The lowest BCUT2D eigenvalue weighted by molar-refractivity contribution is 0.182. The second kappa shape index (κ2) is 8.03. The highest BCUT2D eigenvalue weighted by molar-refractivity contribution is 5.89. The number of anilines is 1. The molecule has 2 rings (SSSR count). The molecule has 0 radical (unpaired) electrons. The molecule has 1 aliphatic rings. The molecular weight excluding hydrogens is 280 g/mol. The van der Waals surface area contributed by atoms with E-state index in [4.69, 9.17) is 4.74 Å². The number of methoxy groups -OCH3 is 1. The molecule has 0 heterocycles. The van der Waals surface area contributed by atoms with Crippen LogP contribution >= 0.6 is 0 Å². The third-order valence-corrected chi connectivity index (χ3v) is 4.36. The third-order valence-electron chi connectivity index (χ3n) is 4.36. The first kappa shape index (κ1) is 16.6. The van der Waals surface area contributed by atoms with Gasteiger partial charge in [-0.2, -0.15) is 0 Å². The zero-order valence-corrected chi connectivity index (χ0v) is 13.4. The van der Waals surface area contributed by atoms with Gasteiger partial charge in [-0.15, -0.1) is 0 Å². The number of hydrogen-bond donors (Lipinski definition) is 3. The highest BCUT2D eigenvalue weighted by atomic mass is 16.5. The lowest BCUT2D eigenvalue weighted by Crippen LogP contribution is -2.43. The van der Waals surface area contributed by atoms with E-state index in [2.05, 4.69) is 10.6 Å². The lowest BCUT2D eigenvalue weighted by Gasteiger charge is -2.24. The van der Waals surface area contributed by atoms with E-state index in [-0.39, 0.29) is 24.6 Å². The Labute approximate surface area is 132 Å². The lowest BCUT2D eigenvalue weighted by atomic mass is 9.96. The van der Waals surface area contributed by atoms with Crippen LogP contribution in [0.15, 0.2) is 18.2 Å². The molecule has 0 bridgehead atoms. The Morgan fingerprint density at radius 1 is 1.32 bits per heavy atom. The van der Waals surface area contributed by atoms with Crippen molar-refractivity contribution in [3.63, 3.8) is 0 Å². The molecule has 1 aromatic carbocycles. The molecule has 0 aliphatic heterocycles. The summed E-state index contributed by atoms with van der Waals surface area (Å²) in [6.07, 6.45) is 5.31. The van der Waals surface area contributed by atoms with Gasteiger partial charge in [-0.25, -0.2) is 4.79 Å². The first-order chi connectivity index (χ1) is 10.6. The van der Waals surface area contributed by atoms with E-state index in [9.17, 15) is 9.90 Å². The van der Waals surface area contributed by atoms with E-state index in [1.165, 1.54) is 6.42 Å². The summed E-state index contributed by atoms with van der Waals surface area (Å²) in [5.41, 5.74) is 1.72. The molecule has 122 valence electrons. The number of hydrogen-bond acceptors (Lipinski definition) is 3. The molecule has 1 aliphatic carbocycles. The van der Waals surface area contributed by atoms with E-state index < -0.39 is 0 Å². The van der Waals surface area contributed by atoms with Crippen molar-refractivity contribution in [2.75, 3.05) is 19.0 Å². The predicted octanol–water partition coefficient (Wildman–Crippen LogP) is 3.07. The maximum atomic E-state index is 12.2. The predicted molar refractivity (Wildman–Crippen MR) is 87.3 cm³/mol. The van der Waals surface area contributed by atoms with Gasteiger partial charge in [0, 0.05) is 24.3 Å². The zero-order valence-electron chi connectivity index (χ0n) is 13.4. The summed E-state index contributed by atoms with van der Waals surface area (Å²) in [4.78, 5) is 12.2. The molecule has 0 saturated heterocycles. The molecule has 1 saturated carbocycles. The third kappa shape index (κ3) is 4.37. The standard InChI is InChI=1S/C17H26N2O3/c1-12-10-14(8-9-16(12)22-2)18-17(21)19-15-7-5-3-4-6-13(15)11-20/h8-10,13,15,20H,3-7,11H2,1-2H3,(H2,18,19,21). The molecule has 22 heavy (non-hydrogen) atoms. The molecule has 0 aromatic heterocycles. The van der Waals surface area contributed by atoms with Gasteiger partial charge in [-0.05, 0) is 43.5 Å². The van der Waals surface area contributed by atoms with Gasteiger partial charge < -0.3 is 20.5 Å². The summed E-state index contributed by atoms with van der Waals surface area (Å²) in [6.45, 7) is 2.07. The van der Waals surface area contributed by atoms with E-state index in [0.717, 1.165) is 42.7 Å². The van der Waals surface area contributed by atoms with Crippen LogP contribution in [0.25, 0.3) is 0 Å². The Hall–Kier alpha value is -1.75. The first-order valence-electron chi connectivity index (χ1n) is 7.97. The number of aliphatic hydroxyl groups excluding tert-OH is 1. The molecule has 2 amide bonds. The summed E-state index contributed by atoms with van der Waals surface area (Å²) in [5, 5.41) is 15.4. The highest BCUT2D eigenvalue weighted by Crippen LogP contribution is 2.24. The maximum Gasteiger partial charge on any atom is 0.319 e. The highest BCUT2D eigenvalue weighted by Gasteiger charge is 2.24. The Bertz CT molecular complexity index is 505. The van der Waals surface area contributed by atoms with Crippen molar-refractivity contribution in [1.29, 1.82) is 0 Å². The van der Waals surface area contributed by atoms with Crippen LogP contribution in [-0.2, 0) is 0 Å². The van der Waals surface area contributed by atoms with E-state index in [1.54, 1.807) is 7.11 Å². The number of aryl methyl sites for hydroxylation is 1. The van der Waals surface area contributed by atoms with Crippen LogP contribution in [0.1, 0.15) is 37.7 Å². The first-order valence-corrected chi connectivity index (χ1v) is 7.97. The molecule has 2 unspecified atom stereocenters. The van der Waals surface area contributed by atoms with Crippen molar-refractivity contribution < 1.29 is 14.6 Å². The Balaban J connectivity index is 1.95. The zero-order chi connectivity index (χ0) is 15.9. The van der Waals surface area contributed by atoms with Crippen LogP contribution < -0.4 is 15.4 Å². The summed E-state index contributed by atoms with van der Waals surface area (Å²) in [6, 6.07) is 5.38. The fourth-order valence-corrected chi connectivity index (χ4v) is 3.08. The van der Waals surface area contributed by atoms with Crippen LogP contribution in [0.4, 0.5) is 10.5 Å². The van der Waals surface area contributed by atoms with Gasteiger partial charge in [0.25, 0.3) is 0 Å². The molecule has 1 fully saturated rings. The Kier molecular flexibility index (Phi) is 6.07. The number of rotatable bonds is 4. The summed E-state index contributed by atoms with van der Waals surface area (Å²) >= 11 is 0. The summed E-state index contributed by atoms with van der Waals surface area (Å²) < 4.78 is 5.21. The van der Waals surface area contributed by atoms with Crippen molar-refractivity contribution in [3.05, 3.63) is 23.8 Å². The van der Waals surface area contributed by atoms with Crippen LogP contribution in [0, 0.1) is 12.8 Å². The van der Waals surface area contributed by atoms with Crippen molar-refractivity contribution in [2.45, 2.75) is 45.1 Å². The van der Waals surface area contributed by atoms with Gasteiger partial charge in [-0.3, -0.25) is 0 Å². The van der Waals surface area contributed by atoms with Gasteiger partial charge in [0.15, 0.2) is 0 Å². The van der Waals surface area contributed by atoms with Crippen molar-refractivity contribution in [3.8, 4) is 5.75 Å². The normalized spacial score (nSPS) is 21.8. The number of carbonyl (C=O) groups excluding carboxylic acids is 1. The van der Waals surface area contributed by atoms with Crippen molar-refractivity contribution >= 4 is 11.7 Å². The number of urea groups is 1. The molecule has 3 N–H and O–H groups in total. The van der Waals surface area contributed by atoms with Gasteiger partial charge >= 0.3 is 6.03 Å². The van der Waals surface area contributed by atoms with Gasteiger partial charge in [0.2, 0.25) is 0 Å². The van der Waals surface area contributed by atoms with E-state index in [0.29, 0.717) is 0 Å². The Morgan fingerprint density at radius 2 is 2.09 bits per heavy atom. The maximum absolute atomic E-state index is 12.2. The number of aliphatic hydroxyl groups is 1. The minimum atomic E-state index is -0.213. The second-order valence-electron chi connectivity index (χ2n) is 5.97. The molecule has 1 aromatic rings. The fourth-order valence-electron chi connectivity index (χ4n) is 3.08. The second-order valence-corrected chi connectivity index (χ2v) is 5.97. The molecule has 5 heteroatoms. The van der Waals surface area contributed by atoms with E-state index in [1.807, 2.05) is 25.1 Å². The smallest absolute Gasteiger partial charge is 0.319 e. The monoisotopic (exact) mass is 306 g/mol. The van der Waals surface area contributed by atoms with Crippen molar-refractivity contribution in [2.24, 2.45) is 5.92 Å². The number of carbonyl (C=O) groups is 1.